The Bertz CT molecular complexity index is 2400. The summed E-state index contributed by atoms with van der Waals surface area (Å²) in [4.78, 5) is 7.09. The van der Waals surface area contributed by atoms with Crippen LogP contribution in [0.1, 0.15) is 0 Å². The molecule has 0 atom stereocenters. The molecular weight excluding hydrogens is 512 g/mol. The van der Waals surface area contributed by atoms with Gasteiger partial charge in [0, 0.05) is 42.4 Å². The van der Waals surface area contributed by atoms with Gasteiger partial charge in [0.25, 0.3) is 0 Å². The van der Waals surface area contributed by atoms with E-state index < -0.39 is 0 Å². The molecule has 0 bridgehead atoms. The standard InChI is InChI=1S/C35H20N2O2S/c1-2-8-24-21(7-1)13-17-29-34(24)39-35(36-29)37(22-15-18-33-28(19-22)27-10-4-6-12-32(27)40-33)23-14-16-26-25-9-3-5-11-30(25)38-31(26)20-23/h1-20H. The lowest BCUT2D eigenvalue weighted by atomic mass is 10.1. The van der Waals surface area contributed by atoms with Crippen molar-refractivity contribution in [1.29, 1.82) is 0 Å². The third-order valence-corrected chi connectivity index (χ3v) is 8.85. The van der Waals surface area contributed by atoms with Crippen molar-refractivity contribution in [3.63, 3.8) is 0 Å². The molecular formula is C35H20N2O2S. The second kappa shape index (κ2) is 8.18. The second-order valence-electron chi connectivity index (χ2n) is 10.0. The number of benzene rings is 6. The number of anilines is 3. The SMILES string of the molecule is c1ccc2c(c1)ccc1nc(N(c3ccc4c(c3)oc3ccccc34)c3ccc4sc5ccccc5c4c3)oc12. The van der Waals surface area contributed by atoms with Gasteiger partial charge in [0.1, 0.15) is 16.7 Å². The van der Waals surface area contributed by atoms with Crippen LogP contribution in [0.5, 0.6) is 0 Å². The summed E-state index contributed by atoms with van der Waals surface area (Å²) in [5.41, 5.74) is 5.20. The maximum atomic E-state index is 6.59. The van der Waals surface area contributed by atoms with Crippen LogP contribution in [0.25, 0.3) is 64.0 Å². The first-order valence-electron chi connectivity index (χ1n) is 13.2. The van der Waals surface area contributed by atoms with Crippen LogP contribution < -0.4 is 4.90 Å². The molecule has 0 saturated carbocycles. The first kappa shape index (κ1) is 21.8. The Morgan fingerprint density at radius 3 is 2.20 bits per heavy atom. The number of hydrogen-bond acceptors (Lipinski definition) is 5. The van der Waals surface area contributed by atoms with Gasteiger partial charge >= 0.3 is 6.01 Å². The van der Waals surface area contributed by atoms with Crippen LogP contribution in [0.3, 0.4) is 0 Å². The van der Waals surface area contributed by atoms with Gasteiger partial charge in [-0.05, 0) is 53.9 Å². The van der Waals surface area contributed by atoms with Crippen molar-refractivity contribution in [2.75, 3.05) is 4.90 Å². The molecule has 0 aliphatic carbocycles. The Labute approximate surface area is 232 Å². The first-order chi connectivity index (χ1) is 19.8. The predicted molar refractivity (Wildman–Crippen MR) is 166 cm³/mol. The molecule has 3 aromatic heterocycles. The van der Waals surface area contributed by atoms with Crippen molar-refractivity contribution in [3.8, 4) is 0 Å². The third-order valence-electron chi connectivity index (χ3n) is 7.70. The van der Waals surface area contributed by atoms with Crippen LogP contribution in [0.4, 0.5) is 17.4 Å². The highest BCUT2D eigenvalue weighted by Crippen LogP contribution is 2.43. The highest BCUT2D eigenvalue weighted by molar-refractivity contribution is 7.25. The Balaban J connectivity index is 1.31. The second-order valence-corrected chi connectivity index (χ2v) is 11.1. The third kappa shape index (κ3) is 3.15. The summed E-state index contributed by atoms with van der Waals surface area (Å²) >= 11 is 1.81. The number of nitrogens with zero attached hydrogens (tertiary/aromatic N) is 2. The molecule has 6 aromatic carbocycles. The van der Waals surface area contributed by atoms with E-state index in [1.807, 2.05) is 47.7 Å². The number of fused-ring (bicyclic) bond motifs is 9. The van der Waals surface area contributed by atoms with Crippen molar-refractivity contribution < 1.29 is 8.83 Å². The van der Waals surface area contributed by atoms with Crippen LogP contribution in [0, 0.1) is 0 Å². The predicted octanol–water partition coefficient (Wildman–Crippen LogP) is 10.7. The van der Waals surface area contributed by atoms with E-state index in [9.17, 15) is 0 Å². The molecule has 0 aliphatic heterocycles. The number of aromatic nitrogens is 1. The molecule has 40 heavy (non-hydrogen) atoms. The zero-order valence-corrected chi connectivity index (χ0v) is 22.0. The smallest absolute Gasteiger partial charge is 0.307 e. The number of para-hydroxylation sites is 1. The van der Waals surface area contributed by atoms with E-state index in [1.54, 1.807) is 0 Å². The monoisotopic (exact) mass is 532 g/mol. The van der Waals surface area contributed by atoms with E-state index in [1.165, 1.54) is 20.2 Å². The fourth-order valence-corrected chi connectivity index (χ4v) is 6.90. The molecule has 0 N–H and O–H groups in total. The average molecular weight is 533 g/mol. The van der Waals surface area contributed by atoms with Gasteiger partial charge in [-0.2, -0.15) is 4.98 Å². The minimum absolute atomic E-state index is 0.515. The summed E-state index contributed by atoms with van der Waals surface area (Å²) in [6.07, 6.45) is 0. The summed E-state index contributed by atoms with van der Waals surface area (Å²) < 4.78 is 15.4. The number of hydrogen-bond donors (Lipinski definition) is 0. The molecule has 0 spiro atoms. The van der Waals surface area contributed by atoms with Crippen LogP contribution in [-0.2, 0) is 0 Å². The van der Waals surface area contributed by atoms with E-state index >= 15 is 0 Å². The van der Waals surface area contributed by atoms with Gasteiger partial charge in [-0.15, -0.1) is 11.3 Å². The summed E-state index contributed by atoms with van der Waals surface area (Å²) in [7, 11) is 0. The van der Waals surface area contributed by atoms with E-state index in [0.29, 0.717) is 6.01 Å². The molecule has 9 aromatic rings. The van der Waals surface area contributed by atoms with Gasteiger partial charge in [-0.1, -0.05) is 66.7 Å². The van der Waals surface area contributed by atoms with Gasteiger partial charge in [0.2, 0.25) is 0 Å². The lowest BCUT2D eigenvalue weighted by molar-refractivity contribution is 0.611. The molecule has 5 heteroatoms. The van der Waals surface area contributed by atoms with Crippen molar-refractivity contribution >= 4 is 92.7 Å². The summed E-state index contributed by atoms with van der Waals surface area (Å²) in [5, 5.41) is 6.83. The van der Waals surface area contributed by atoms with Gasteiger partial charge in [0.15, 0.2) is 5.58 Å². The lowest BCUT2D eigenvalue weighted by Crippen LogP contribution is -2.10. The molecule has 0 saturated heterocycles. The van der Waals surface area contributed by atoms with Crippen LogP contribution in [0.15, 0.2) is 130 Å². The van der Waals surface area contributed by atoms with Crippen molar-refractivity contribution in [2.45, 2.75) is 0 Å². The Hall–Kier alpha value is -5.13. The Kier molecular flexibility index (Phi) is 4.45. The molecule has 3 heterocycles. The summed E-state index contributed by atoms with van der Waals surface area (Å²) in [5.74, 6) is 0. The topological polar surface area (TPSA) is 42.4 Å². The average Bonchev–Trinajstić information content (AvgIpc) is 3.70. The van der Waals surface area contributed by atoms with Gasteiger partial charge in [0.05, 0.1) is 11.4 Å². The van der Waals surface area contributed by atoms with Gasteiger partial charge < -0.3 is 8.83 Å². The lowest BCUT2D eigenvalue weighted by Gasteiger charge is -2.21. The van der Waals surface area contributed by atoms with E-state index in [0.717, 1.165) is 55.2 Å². The van der Waals surface area contributed by atoms with Crippen molar-refractivity contribution in [3.05, 3.63) is 121 Å². The number of oxazole rings is 1. The van der Waals surface area contributed by atoms with E-state index in [4.69, 9.17) is 13.8 Å². The number of furan rings is 1. The van der Waals surface area contributed by atoms with Crippen LogP contribution >= 0.6 is 11.3 Å². The maximum absolute atomic E-state index is 6.59. The minimum Gasteiger partial charge on any atom is -0.456 e. The first-order valence-corrected chi connectivity index (χ1v) is 14.0. The van der Waals surface area contributed by atoms with Crippen LogP contribution in [0.2, 0.25) is 0 Å². The number of thiophene rings is 1. The molecule has 188 valence electrons. The summed E-state index contributed by atoms with van der Waals surface area (Å²) in [6, 6.07) is 42.5. The number of rotatable bonds is 3. The summed E-state index contributed by atoms with van der Waals surface area (Å²) in [6.45, 7) is 0. The van der Waals surface area contributed by atoms with E-state index in [2.05, 4.69) is 89.8 Å². The highest BCUT2D eigenvalue weighted by Gasteiger charge is 2.22. The van der Waals surface area contributed by atoms with Crippen molar-refractivity contribution in [1.82, 2.24) is 4.98 Å². The highest BCUT2D eigenvalue weighted by atomic mass is 32.1. The molecule has 0 radical (unpaired) electrons. The molecule has 0 fully saturated rings. The zero-order valence-electron chi connectivity index (χ0n) is 21.2. The van der Waals surface area contributed by atoms with Gasteiger partial charge in [-0.3, -0.25) is 4.90 Å². The molecule has 0 unspecified atom stereocenters. The van der Waals surface area contributed by atoms with Crippen LogP contribution in [-0.4, -0.2) is 4.98 Å². The molecule has 4 nitrogen and oxygen atoms in total. The van der Waals surface area contributed by atoms with Gasteiger partial charge in [-0.25, -0.2) is 0 Å². The Morgan fingerprint density at radius 1 is 0.525 bits per heavy atom. The van der Waals surface area contributed by atoms with E-state index in [-0.39, 0.29) is 0 Å². The minimum atomic E-state index is 0.515. The fourth-order valence-electron chi connectivity index (χ4n) is 5.82. The maximum Gasteiger partial charge on any atom is 0.307 e. The molecule has 9 rings (SSSR count). The van der Waals surface area contributed by atoms with Crippen molar-refractivity contribution in [2.24, 2.45) is 0 Å². The zero-order chi connectivity index (χ0) is 26.2. The Morgan fingerprint density at radius 2 is 1.25 bits per heavy atom. The normalized spacial score (nSPS) is 12.0. The molecule has 0 aliphatic rings. The largest absolute Gasteiger partial charge is 0.456 e. The molecule has 0 amide bonds. The fraction of sp³-hybridized carbons (Fsp3) is 0. The quantitative estimate of drug-likeness (QED) is 0.227.